The number of methoxy groups -OCH3 is 1. The van der Waals surface area contributed by atoms with Crippen molar-refractivity contribution in [3.05, 3.63) is 36.0 Å². The highest BCUT2D eigenvalue weighted by Gasteiger charge is 2.30. The average molecular weight is 372 g/mol. The maximum absolute atomic E-state index is 13.6. The molecule has 1 aliphatic rings. The summed E-state index contributed by atoms with van der Waals surface area (Å²) in [6, 6.07) is 10.8. The molecule has 1 aromatic heterocycles. The van der Waals surface area contributed by atoms with E-state index in [0.29, 0.717) is 0 Å². The lowest BCUT2D eigenvalue weighted by molar-refractivity contribution is 0.0562. The van der Waals surface area contributed by atoms with Crippen molar-refractivity contribution in [2.24, 2.45) is 0 Å². The van der Waals surface area contributed by atoms with Gasteiger partial charge in [-0.05, 0) is 58.2 Å². The number of carbonyl (C=O) groups excluding carboxylic acids is 1. The molecule has 1 N–H and O–H groups in total. The van der Waals surface area contributed by atoms with Gasteiger partial charge < -0.3 is 19.5 Å². The summed E-state index contributed by atoms with van der Waals surface area (Å²) in [6.45, 7) is 7.78. The minimum Gasteiger partial charge on any atom is -0.385 e. The van der Waals surface area contributed by atoms with Crippen molar-refractivity contribution in [1.29, 1.82) is 0 Å². The van der Waals surface area contributed by atoms with Gasteiger partial charge in [-0.2, -0.15) is 0 Å². The third kappa shape index (κ3) is 4.53. The van der Waals surface area contributed by atoms with Gasteiger partial charge in [-0.25, -0.2) is 0 Å². The number of nitrogens with zero attached hydrogens (tertiary/aromatic N) is 2. The highest BCUT2D eigenvalue weighted by atomic mass is 16.5. The highest BCUT2D eigenvalue weighted by molar-refractivity contribution is 5.99. The Labute approximate surface area is 162 Å². The van der Waals surface area contributed by atoms with E-state index in [1.54, 1.807) is 7.11 Å². The minimum absolute atomic E-state index is 0.154. The van der Waals surface area contributed by atoms with Crippen LogP contribution in [0.4, 0.5) is 0 Å². The Morgan fingerprint density at radius 3 is 2.85 bits per heavy atom. The number of unbranched alkanes of at least 4 members (excludes halogenated alkanes) is 1. The number of piperidine rings is 1. The fourth-order valence-electron chi connectivity index (χ4n) is 4.17. The molecule has 5 nitrogen and oxygen atoms in total. The lowest BCUT2D eigenvalue weighted by Gasteiger charge is -2.37. The van der Waals surface area contributed by atoms with Crippen molar-refractivity contribution < 1.29 is 9.53 Å². The van der Waals surface area contributed by atoms with E-state index in [1.165, 1.54) is 0 Å². The fraction of sp³-hybridized carbons (Fsp3) is 0.591. The predicted molar refractivity (Wildman–Crippen MR) is 110 cm³/mol. The molecule has 0 radical (unpaired) electrons. The molecule has 1 aliphatic heterocycles. The monoisotopic (exact) mass is 371 g/mol. The summed E-state index contributed by atoms with van der Waals surface area (Å²) >= 11 is 0. The number of ether oxygens (including phenoxy) is 1. The number of nitrogens with one attached hydrogen (secondary N) is 1. The van der Waals surface area contributed by atoms with Crippen molar-refractivity contribution in [2.45, 2.75) is 58.2 Å². The highest BCUT2D eigenvalue weighted by Crippen LogP contribution is 2.24. The van der Waals surface area contributed by atoms with Gasteiger partial charge in [0.25, 0.3) is 5.91 Å². The van der Waals surface area contributed by atoms with Crippen LogP contribution in [0, 0.1) is 0 Å². The fourth-order valence-corrected chi connectivity index (χ4v) is 4.17. The van der Waals surface area contributed by atoms with Crippen LogP contribution in [0.25, 0.3) is 10.9 Å². The van der Waals surface area contributed by atoms with Gasteiger partial charge in [0.1, 0.15) is 5.69 Å². The summed E-state index contributed by atoms with van der Waals surface area (Å²) in [5.41, 5.74) is 1.96. The van der Waals surface area contributed by atoms with Crippen LogP contribution >= 0.6 is 0 Å². The Kier molecular flexibility index (Phi) is 6.91. The van der Waals surface area contributed by atoms with Gasteiger partial charge >= 0.3 is 0 Å². The second-order valence-electron chi connectivity index (χ2n) is 7.75. The van der Waals surface area contributed by atoms with Crippen molar-refractivity contribution in [3.8, 4) is 0 Å². The van der Waals surface area contributed by atoms with Gasteiger partial charge in [0, 0.05) is 49.8 Å². The molecule has 27 heavy (non-hydrogen) atoms. The van der Waals surface area contributed by atoms with Crippen LogP contribution in [-0.4, -0.2) is 54.3 Å². The molecule has 3 rings (SSSR count). The zero-order chi connectivity index (χ0) is 19.2. The molecule has 1 aromatic carbocycles. The summed E-state index contributed by atoms with van der Waals surface area (Å²) in [4.78, 5) is 15.7. The average Bonchev–Trinajstić information content (AvgIpc) is 3.05. The topological polar surface area (TPSA) is 46.5 Å². The summed E-state index contributed by atoms with van der Waals surface area (Å²) in [6.07, 6.45) is 4.20. The number of hydrogen-bond donors (Lipinski definition) is 1. The van der Waals surface area contributed by atoms with E-state index in [4.69, 9.17) is 4.74 Å². The van der Waals surface area contributed by atoms with Gasteiger partial charge in [0.05, 0.1) is 0 Å². The molecule has 0 bridgehead atoms. The first-order valence-corrected chi connectivity index (χ1v) is 10.2. The molecule has 2 heterocycles. The second kappa shape index (κ2) is 9.38. The van der Waals surface area contributed by atoms with E-state index in [1.807, 2.05) is 12.1 Å². The van der Waals surface area contributed by atoms with Crippen molar-refractivity contribution in [1.82, 2.24) is 14.8 Å². The largest absolute Gasteiger partial charge is 0.385 e. The summed E-state index contributed by atoms with van der Waals surface area (Å²) in [7, 11) is 1.73. The van der Waals surface area contributed by atoms with Crippen LogP contribution in [0.2, 0.25) is 0 Å². The molecule has 1 saturated heterocycles. The molecule has 5 heteroatoms. The van der Waals surface area contributed by atoms with E-state index in [-0.39, 0.29) is 18.0 Å². The normalized spacial score (nSPS) is 17.6. The summed E-state index contributed by atoms with van der Waals surface area (Å²) < 4.78 is 7.39. The number of amides is 1. The number of fused-ring (bicyclic) bond motifs is 1. The van der Waals surface area contributed by atoms with Crippen LogP contribution < -0.4 is 5.32 Å². The van der Waals surface area contributed by atoms with Crippen molar-refractivity contribution in [3.63, 3.8) is 0 Å². The third-order valence-electron chi connectivity index (χ3n) is 5.46. The molecule has 148 valence electrons. The van der Waals surface area contributed by atoms with Crippen molar-refractivity contribution in [2.75, 3.05) is 26.8 Å². The first-order valence-electron chi connectivity index (χ1n) is 10.2. The minimum atomic E-state index is 0.154. The quantitative estimate of drug-likeness (QED) is 0.720. The maximum Gasteiger partial charge on any atom is 0.271 e. The Bertz CT molecular complexity index is 747. The molecule has 0 unspecified atom stereocenters. The third-order valence-corrected chi connectivity index (χ3v) is 5.46. The predicted octanol–water partition coefficient (Wildman–Crippen LogP) is 3.67. The van der Waals surface area contributed by atoms with Gasteiger partial charge in [-0.1, -0.05) is 18.2 Å². The smallest absolute Gasteiger partial charge is 0.271 e. The Hall–Kier alpha value is -1.85. The summed E-state index contributed by atoms with van der Waals surface area (Å²) in [5.74, 6) is 0.154. The van der Waals surface area contributed by atoms with Gasteiger partial charge in [-0.3, -0.25) is 4.79 Å². The van der Waals surface area contributed by atoms with Crippen molar-refractivity contribution >= 4 is 16.8 Å². The molecular weight excluding hydrogens is 338 g/mol. The van der Waals surface area contributed by atoms with Crippen LogP contribution in [0.1, 0.15) is 50.0 Å². The van der Waals surface area contributed by atoms with E-state index in [0.717, 1.165) is 68.5 Å². The number of rotatable bonds is 8. The van der Waals surface area contributed by atoms with Gasteiger partial charge in [-0.15, -0.1) is 0 Å². The Morgan fingerprint density at radius 2 is 2.15 bits per heavy atom. The standard InChI is InChI=1S/C22H33N3O2/c1-17(2)25(19-10-8-12-23-16-19)22(26)21-15-18-9-4-5-11-20(18)24(21)13-6-7-14-27-3/h4-5,9,11,15,17,19,23H,6-8,10,12-14,16H2,1-3H3/t19-/m1/s1. The number of aryl methyl sites for hydroxylation is 1. The number of aromatic nitrogens is 1. The van der Waals surface area contributed by atoms with E-state index in [2.05, 4.69) is 46.8 Å². The van der Waals surface area contributed by atoms with Gasteiger partial charge in [0.2, 0.25) is 0 Å². The van der Waals surface area contributed by atoms with E-state index in [9.17, 15) is 4.79 Å². The van der Waals surface area contributed by atoms with Crippen LogP contribution in [0.5, 0.6) is 0 Å². The van der Waals surface area contributed by atoms with Gasteiger partial charge in [0.15, 0.2) is 0 Å². The zero-order valence-electron chi connectivity index (χ0n) is 16.9. The zero-order valence-corrected chi connectivity index (χ0v) is 16.9. The lowest BCUT2D eigenvalue weighted by atomic mass is 10.0. The SMILES string of the molecule is COCCCCn1c(C(=O)N(C(C)C)[C@@H]2CCCNC2)cc2ccccc21. The molecule has 2 aromatic rings. The number of carbonyl (C=O) groups is 1. The molecule has 1 fully saturated rings. The number of hydrogen-bond acceptors (Lipinski definition) is 3. The second-order valence-corrected chi connectivity index (χ2v) is 7.75. The van der Waals surface area contributed by atoms with E-state index >= 15 is 0 Å². The Balaban J connectivity index is 1.91. The number of para-hydroxylation sites is 1. The molecule has 1 amide bonds. The molecule has 1 atom stereocenters. The maximum atomic E-state index is 13.6. The first-order chi connectivity index (χ1) is 13.1. The lowest BCUT2D eigenvalue weighted by Crippen LogP contribution is -2.52. The van der Waals surface area contributed by atoms with Crippen LogP contribution in [-0.2, 0) is 11.3 Å². The summed E-state index contributed by atoms with van der Waals surface area (Å²) in [5, 5.41) is 4.59. The first kappa shape index (κ1) is 19.9. The van der Waals surface area contributed by atoms with E-state index < -0.39 is 0 Å². The Morgan fingerprint density at radius 1 is 1.33 bits per heavy atom. The molecule has 0 spiro atoms. The number of benzene rings is 1. The molecular formula is C22H33N3O2. The van der Waals surface area contributed by atoms with Crippen LogP contribution in [0.15, 0.2) is 30.3 Å². The molecule has 0 saturated carbocycles. The van der Waals surface area contributed by atoms with Crippen LogP contribution in [0.3, 0.4) is 0 Å². The molecule has 0 aliphatic carbocycles.